The van der Waals surface area contributed by atoms with E-state index in [-0.39, 0.29) is 12.2 Å². The molecule has 1 aliphatic carbocycles. The summed E-state index contributed by atoms with van der Waals surface area (Å²) in [4.78, 5) is 0. The molecule has 0 aromatic heterocycles. The zero-order chi connectivity index (χ0) is 13.0. The Morgan fingerprint density at radius 2 is 2.22 bits per heavy atom. The van der Waals surface area contributed by atoms with Crippen LogP contribution in [-0.4, -0.2) is 18.7 Å². The normalized spacial score (nSPS) is 18.6. The van der Waals surface area contributed by atoms with Gasteiger partial charge >= 0.3 is 0 Å². The first-order valence-electron chi connectivity index (χ1n) is 6.83. The Labute approximate surface area is 115 Å². The highest BCUT2D eigenvalue weighted by atomic mass is 35.5. The third-order valence-corrected chi connectivity index (χ3v) is 3.60. The van der Waals surface area contributed by atoms with Gasteiger partial charge in [-0.3, -0.25) is 0 Å². The topological polar surface area (TPSA) is 21.3 Å². The van der Waals surface area contributed by atoms with E-state index in [1.165, 1.54) is 12.8 Å². The summed E-state index contributed by atoms with van der Waals surface area (Å²) < 4.78 is 6.10. The van der Waals surface area contributed by atoms with E-state index in [4.69, 9.17) is 16.3 Å². The lowest BCUT2D eigenvalue weighted by atomic mass is 10.1. The Bertz CT molecular complexity index is 379. The molecule has 0 spiro atoms. The van der Waals surface area contributed by atoms with Gasteiger partial charge in [0.25, 0.3) is 0 Å². The SMILES string of the molecule is CCC(C)OC(CNC1CC1)c1cccc(Cl)c1. The molecule has 0 saturated heterocycles. The van der Waals surface area contributed by atoms with Crippen LogP contribution in [0.3, 0.4) is 0 Å². The molecule has 1 aliphatic rings. The second kappa shape index (κ2) is 6.55. The van der Waals surface area contributed by atoms with E-state index in [1.807, 2.05) is 18.2 Å². The van der Waals surface area contributed by atoms with E-state index < -0.39 is 0 Å². The summed E-state index contributed by atoms with van der Waals surface area (Å²) in [6.45, 7) is 5.14. The van der Waals surface area contributed by atoms with E-state index in [0.29, 0.717) is 6.04 Å². The quantitative estimate of drug-likeness (QED) is 0.808. The van der Waals surface area contributed by atoms with Gasteiger partial charge < -0.3 is 10.1 Å². The molecule has 2 atom stereocenters. The van der Waals surface area contributed by atoms with Crippen LogP contribution in [-0.2, 0) is 4.74 Å². The summed E-state index contributed by atoms with van der Waals surface area (Å²) in [7, 11) is 0. The van der Waals surface area contributed by atoms with Gasteiger partial charge in [-0.1, -0.05) is 30.7 Å². The van der Waals surface area contributed by atoms with Crippen molar-refractivity contribution in [3.63, 3.8) is 0 Å². The van der Waals surface area contributed by atoms with Crippen LogP contribution in [0.1, 0.15) is 44.8 Å². The molecule has 1 aromatic carbocycles. The molecule has 2 rings (SSSR count). The van der Waals surface area contributed by atoms with E-state index in [1.54, 1.807) is 0 Å². The Kier molecular flexibility index (Phi) is 5.04. The van der Waals surface area contributed by atoms with Gasteiger partial charge in [0.15, 0.2) is 0 Å². The smallest absolute Gasteiger partial charge is 0.0953 e. The summed E-state index contributed by atoms with van der Waals surface area (Å²) in [5.74, 6) is 0. The van der Waals surface area contributed by atoms with Crippen LogP contribution in [0.5, 0.6) is 0 Å². The first kappa shape index (κ1) is 13.9. The highest BCUT2D eigenvalue weighted by Gasteiger charge is 2.23. The number of benzene rings is 1. The number of ether oxygens (including phenoxy) is 1. The van der Waals surface area contributed by atoms with Gasteiger partial charge in [0.1, 0.15) is 0 Å². The molecule has 0 amide bonds. The van der Waals surface area contributed by atoms with Gasteiger partial charge in [-0.2, -0.15) is 0 Å². The van der Waals surface area contributed by atoms with Crippen molar-refractivity contribution in [2.75, 3.05) is 6.54 Å². The molecule has 1 aromatic rings. The standard InChI is InChI=1S/C15H22ClNO/c1-3-11(2)18-15(10-17-14-7-8-14)12-5-4-6-13(16)9-12/h4-6,9,11,14-15,17H,3,7-8,10H2,1-2H3. The van der Waals surface area contributed by atoms with Crippen molar-refractivity contribution in [2.24, 2.45) is 0 Å². The predicted molar refractivity (Wildman–Crippen MR) is 76.1 cm³/mol. The minimum atomic E-state index is 0.0965. The second-order valence-electron chi connectivity index (χ2n) is 5.08. The first-order valence-corrected chi connectivity index (χ1v) is 7.21. The van der Waals surface area contributed by atoms with Gasteiger partial charge in [0.05, 0.1) is 12.2 Å². The molecule has 2 unspecified atom stereocenters. The van der Waals surface area contributed by atoms with Crippen molar-refractivity contribution in [1.29, 1.82) is 0 Å². The van der Waals surface area contributed by atoms with Crippen LogP contribution in [0.2, 0.25) is 5.02 Å². The van der Waals surface area contributed by atoms with Gasteiger partial charge in [0.2, 0.25) is 0 Å². The fraction of sp³-hybridized carbons (Fsp3) is 0.600. The monoisotopic (exact) mass is 267 g/mol. The summed E-state index contributed by atoms with van der Waals surface area (Å²) in [6, 6.07) is 8.69. The average Bonchev–Trinajstić information content (AvgIpc) is 3.18. The van der Waals surface area contributed by atoms with E-state index in [9.17, 15) is 0 Å². The van der Waals surface area contributed by atoms with Crippen molar-refractivity contribution in [3.05, 3.63) is 34.9 Å². The maximum absolute atomic E-state index is 6.10. The molecule has 18 heavy (non-hydrogen) atoms. The fourth-order valence-corrected chi connectivity index (χ4v) is 2.09. The summed E-state index contributed by atoms with van der Waals surface area (Å²) in [5, 5.41) is 4.31. The molecule has 0 radical (unpaired) electrons. The average molecular weight is 268 g/mol. The lowest BCUT2D eigenvalue weighted by molar-refractivity contribution is -0.00469. The highest BCUT2D eigenvalue weighted by molar-refractivity contribution is 6.30. The molecule has 1 fully saturated rings. The minimum Gasteiger partial charge on any atom is -0.369 e. The highest BCUT2D eigenvalue weighted by Crippen LogP contribution is 2.25. The lowest BCUT2D eigenvalue weighted by Gasteiger charge is -2.23. The Morgan fingerprint density at radius 3 is 2.83 bits per heavy atom. The van der Waals surface area contributed by atoms with Crippen LogP contribution in [0, 0.1) is 0 Å². The first-order chi connectivity index (χ1) is 8.69. The Morgan fingerprint density at radius 1 is 1.44 bits per heavy atom. The number of halogens is 1. The van der Waals surface area contributed by atoms with Gasteiger partial charge in [-0.15, -0.1) is 0 Å². The summed E-state index contributed by atoms with van der Waals surface area (Å²) in [6.07, 6.45) is 3.99. The Hall–Kier alpha value is -0.570. The van der Waals surface area contributed by atoms with Crippen molar-refractivity contribution < 1.29 is 4.74 Å². The van der Waals surface area contributed by atoms with Crippen LogP contribution in [0.15, 0.2) is 24.3 Å². The van der Waals surface area contributed by atoms with Crippen molar-refractivity contribution in [3.8, 4) is 0 Å². The number of nitrogens with one attached hydrogen (secondary N) is 1. The van der Waals surface area contributed by atoms with Crippen LogP contribution < -0.4 is 5.32 Å². The molecule has 0 heterocycles. The maximum Gasteiger partial charge on any atom is 0.0953 e. The van der Waals surface area contributed by atoms with Gasteiger partial charge in [-0.25, -0.2) is 0 Å². The number of hydrogen-bond acceptors (Lipinski definition) is 2. The van der Waals surface area contributed by atoms with Gasteiger partial charge in [-0.05, 0) is 43.9 Å². The number of hydrogen-bond donors (Lipinski definition) is 1. The molecule has 1 N–H and O–H groups in total. The minimum absolute atomic E-state index is 0.0965. The van der Waals surface area contributed by atoms with E-state index >= 15 is 0 Å². The molecule has 1 saturated carbocycles. The molecule has 2 nitrogen and oxygen atoms in total. The zero-order valence-corrected chi connectivity index (χ0v) is 11.9. The van der Waals surface area contributed by atoms with Crippen molar-refractivity contribution in [2.45, 2.75) is 51.4 Å². The molecule has 3 heteroatoms. The fourth-order valence-electron chi connectivity index (χ4n) is 1.89. The van der Waals surface area contributed by atoms with Crippen molar-refractivity contribution >= 4 is 11.6 Å². The molecule has 0 aliphatic heterocycles. The third-order valence-electron chi connectivity index (χ3n) is 3.36. The van der Waals surface area contributed by atoms with Crippen LogP contribution in [0.4, 0.5) is 0 Å². The lowest BCUT2D eigenvalue weighted by Crippen LogP contribution is -2.27. The van der Waals surface area contributed by atoms with Crippen LogP contribution >= 0.6 is 11.6 Å². The van der Waals surface area contributed by atoms with Gasteiger partial charge in [0, 0.05) is 17.6 Å². The van der Waals surface area contributed by atoms with Crippen molar-refractivity contribution in [1.82, 2.24) is 5.32 Å². The van der Waals surface area contributed by atoms with E-state index in [0.717, 1.165) is 23.6 Å². The summed E-state index contributed by atoms with van der Waals surface area (Å²) >= 11 is 6.06. The Balaban J connectivity index is 2.01. The van der Waals surface area contributed by atoms with E-state index in [2.05, 4.69) is 25.2 Å². The molecule has 0 bridgehead atoms. The second-order valence-corrected chi connectivity index (χ2v) is 5.52. The predicted octanol–water partition coefficient (Wildman–Crippen LogP) is 3.95. The largest absolute Gasteiger partial charge is 0.369 e. The van der Waals surface area contributed by atoms with Crippen LogP contribution in [0.25, 0.3) is 0 Å². The molecule has 100 valence electrons. The molecular weight excluding hydrogens is 246 g/mol. The number of rotatable bonds is 7. The zero-order valence-electron chi connectivity index (χ0n) is 11.2. The summed E-state index contributed by atoms with van der Waals surface area (Å²) in [5.41, 5.74) is 1.16. The molecular formula is C15H22ClNO. The third kappa shape index (κ3) is 4.27. The maximum atomic E-state index is 6.10.